The van der Waals surface area contributed by atoms with Crippen LogP contribution in [-0.2, 0) is 9.59 Å². The molecule has 0 aliphatic rings. The number of aliphatic carboxylic acids is 1. The average Bonchev–Trinajstić information content (AvgIpc) is 2.36. The Morgan fingerprint density at radius 1 is 1.40 bits per heavy atom. The summed E-state index contributed by atoms with van der Waals surface area (Å²) in [6.07, 6.45) is -0.0823. The van der Waals surface area contributed by atoms with Crippen LogP contribution in [0.2, 0.25) is 5.02 Å². The van der Waals surface area contributed by atoms with E-state index in [0.29, 0.717) is 10.8 Å². The fraction of sp³-hybridized carbons (Fsp3) is 0.429. The Kier molecular flexibility index (Phi) is 6.31. The molecule has 0 aliphatic carbocycles. The van der Waals surface area contributed by atoms with Gasteiger partial charge >= 0.3 is 5.97 Å². The van der Waals surface area contributed by atoms with Crippen LogP contribution < -0.4 is 4.74 Å². The van der Waals surface area contributed by atoms with Crippen LogP contribution >= 0.6 is 11.6 Å². The fourth-order valence-corrected chi connectivity index (χ4v) is 1.85. The van der Waals surface area contributed by atoms with E-state index in [4.69, 9.17) is 21.4 Å². The normalized spacial score (nSPS) is 10.4. The van der Waals surface area contributed by atoms with Crippen molar-refractivity contribution < 1.29 is 19.4 Å². The third-order valence-corrected chi connectivity index (χ3v) is 2.90. The molecule has 0 heterocycles. The first-order valence-corrected chi connectivity index (χ1v) is 6.67. The third kappa shape index (κ3) is 5.48. The molecule has 1 aromatic rings. The minimum absolute atomic E-state index is 0.0789. The van der Waals surface area contributed by atoms with Crippen LogP contribution in [0.25, 0.3) is 0 Å². The molecular formula is C14H18ClNO4. The number of ether oxygens (including phenoxy) is 1. The average molecular weight is 300 g/mol. The van der Waals surface area contributed by atoms with Gasteiger partial charge in [-0.15, -0.1) is 0 Å². The van der Waals surface area contributed by atoms with Gasteiger partial charge in [-0.3, -0.25) is 9.59 Å². The lowest BCUT2D eigenvalue weighted by Crippen LogP contribution is -2.41. The molecule has 1 N–H and O–H groups in total. The lowest BCUT2D eigenvalue weighted by molar-refractivity contribution is -0.139. The van der Waals surface area contributed by atoms with Crippen LogP contribution in [-0.4, -0.2) is 41.1 Å². The van der Waals surface area contributed by atoms with Gasteiger partial charge in [0.2, 0.25) is 0 Å². The van der Waals surface area contributed by atoms with Gasteiger partial charge in [-0.05, 0) is 32.0 Å². The largest absolute Gasteiger partial charge is 0.484 e. The number of rotatable bonds is 7. The highest BCUT2D eigenvalue weighted by Gasteiger charge is 2.18. The predicted molar refractivity (Wildman–Crippen MR) is 76.0 cm³/mol. The number of carboxylic acids is 1. The maximum Gasteiger partial charge on any atom is 0.305 e. The van der Waals surface area contributed by atoms with Crippen molar-refractivity contribution in [1.29, 1.82) is 0 Å². The number of carbonyl (C=O) groups excluding carboxylic acids is 1. The molecule has 20 heavy (non-hydrogen) atoms. The first kappa shape index (κ1) is 16.3. The van der Waals surface area contributed by atoms with Gasteiger partial charge in [0, 0.05) is 17.6 Å². The molecule has 0 aliphatic heterocycles. The first-order chi connectivity index (χ1) is 9.40. The number of halogens is 1. The van der Waals surface area contributed by atoms with E-state index in [9.17, 15) is 9.59 Å². The molecule has 1 rings (SSSR count). The van der Waals surface area contributed by atoms with Crippen molar-refractivity contribution in [2.24, 2.45) is 0 Å². The van der Waals surface area contributed by atoms with Crippen molar-refractivity contribution in [2.45, 2.75) is 26.3 Å². The van der Waals surface area contributed by atoms with Crippen molar-refractivity contribution in [3.8, 4) is 5.75 Å². The van der Waals surface area contributed by atoms with Gasteiger partial charge in [-0.1, -0.05) is 17.7 Å². The van der Waals surface area contributed by atoms with E-state index in [2.05, 4.69) is 0 Å². The minimum Gasteiger partial charge on any atom is -0.484 e. The molecule has 0 radical (unpaired) electrons. The van der Waals surface area contributed by atoms with Crippen LogP contribution in [0.1, 0.15) is 20.3 Å². The summed E-state index contributed by atoms with van der Waals surface area (Å²) < 4.78 is 5.36. The van der Waals surface area contributed by atoms with Gasteiger partial charge in [0.25, 0.3) is 5.91 Å². The number of amides is 1. The highest BCUT2D eigenvalue weighted by molar-refractivity contribution is 6.30. The molecule has 0 saturated carbocycles. The van der Waals surface area contributed by atoms with E-state index in [1.54, 1.807) is 24.3 Å². The number of hydrogen-bond acceptors (Lipinski definition) is 3. The van der Waals surface area contributed by atoms with Crippen LogP contribution in [0.4, 0.5) is 0 Å². The van der Waals surface area contributed by atoms with E-state index < -0.39 is 5.97 Å². The number of carboxylic acid groups (broad SMARTS) is 1. The van der Waals surface area contributed by atoms with Crippen molar-refractivity contribution in [2.75, 3.05) is 13.2 Å². The third-order valence-electron chi connectivity index (χ3n) is 2.67. The van der Waals surface area contributed by atoms with E-state index >= 15 is 0 Å². The van der Waals surface area contributed by atoms with Crippen molar-refractivity contribution in [3.63, 3.8) is 0 Å². The van der Waals surface area contributed by atoms with Crippen LogP contribution in [0.15, 0.2) is 24.3 Å². The lowest BCUT2D eigenvalue weighted by atomic mass is 10.2. The number of benzene rings is 1. The topological polar surface area (TPSA) is 66.8 Å². The molecular weight excluding hydrogens is 282 g/mol. The molecule has 0 saturated heterocycles. The second kappa shape index (κ2) is 7.75. The molecule has 1 aromatic carbocycles. The molecule has 0 fully saturated rings. The number of carbonyl (C=O) groups is 2. The summed E-state index contributed by atoms with van der Waals surface area (Å²) in [5.41, 5.74) is 0. The SMILES string of the molecule is CC(C)N(CCC(=O)O)C(=O)COc1cccc(Cl)c1. The predicted octanol–water partition coefficient (Wildman–Crippen LogP) is 2.43. The summed E-state index contributed by atoms with van der Waals surface area (Å²) in [5.74, 6) is -0.673. The minimum atomic E-state index is -0.931. The Hall–Kier alpha value is -1.75. The Balaban J connectivity index is 2.55. The molecule has 110 valence electrons. The zero-order chi connectivity index (χ0) is 15.1. The van der Waals surface area contributed by atoms with Crippen molar-refractivity contribution in [3.05, 3.63) is 29.3 Å². The Bertz CT molecular complexity index is 476. The zero-order valence-electron chi connectivity index (χ0n) is 11.5. The Morgan fingerprint density at radius 3 is 2.65 bits per heavy atom. The standard InChI is InChI=1S/C14H18ClNO4/c1-10(2)16(7-6-14(18)19)13(17)9-20-12-5-3-4-11(15)8-12/h3-5,8,10H,6-7,9H2,1-2H3,(H,18,19). The summed E-state index contributed by atoms with van der Waals surface area (Å²) in [6.45, 7) is 3.70. The quantitative estimate of drug-likeness (QED) is 0.839. The van der Waals surface area contributed by atoms with Crippen LogP contribution in [0.5, 0.6) is 5.75 Å². The molecule has 0 bridgehead atoms. The Labute approximate surface area is 123 Å². The zero-order valence-corrected chi connectivity index (χ0v) is 12.3. The highest BCUT2D eigenvalue weighted by Crippen LogP contribution is 2.17. The first-order valence-electron chi connectivity index (χ1n) is 6.29. The molecule has 0 atom stereocenters. The summed E-state index contributed by atoms with van der Waals surface area (Å²) in [5, 5.41) is 9.21. The Morgan fingerprint density at radius 2 is 2.10 bits per heavy atom. The van der Waals surface area contributed by atoms with Gasteiger partial charge in [0.15, 0.2) is 6.61 Å². The summed E-state index contributed by atoms with van der Waals surface area (Å²) >= 11 is 5.82. The summed E-state index contributed by atoms with van der Waals surface area (Å²) in [6, 6.07) is 6.68. The molecule has 0 unspecified atom stereocenters. The van der Waals surface area contributed by atoms with Gasteiger partial charge in [0.05, 0.1) is 6.42 Å². The monoisotopic (exact) mass is 299 g/mol. The van der Waals surface area contributed by atoms with E-state index in [0.717, 1.165) is 0 Å². The lowest BCUT2D eigenvalue weighted by Gasteiger charge is -2.26. The molecule has 5 nitrogen and oxygen atoms in total. The van der Waals surface area contributed by atoms with Gasteiger partial charge in [0.1, 0.15) is 5.75 Å². The molecule has 6 heteroatoms. The van der Waals surface area contributed by atoms with Crippen LogP contribution in [0, 0.1) is 0 Å². The van der Waals surface area contributed by atoms with Crippen LogP contribution in [0.3, 0.4) is 0 Å². The van der Waals surface area contributed by atoms with Gasteiger partial charge in [-0.2, -0.15) is 0 Å². The van der Waals surface area contributed by atoms with Gasteiger partial charge < -0.3 is 14.7 Å². The van der Waals surface area contributed by atoms with Gasteiger partial charge in [-0.25, -0.2) is 0 Å². The van der Waals surface area contributed by atoms with E-state index in [1.165, 1.54) is 4.90 Å². The fourth-order valence-electron chi connectivity index (χ4n) is 1.67. The summed E-state index contributed by atoms with van der Waals surface area (Å²) in [7, 11) is 0. The van der Waals surface area contributed by atoms with Crippen molar-refractivity contribution >= 4 is 23.5 Å². The van der Waals surface area contributed by atoms with Crippen molar-refractivity contribution in [1.82, 2.24) is 4.90 Å². The van der Waals surface area contributed by atoms with E-state index in [1.807, 2.05) is 13.8 Å². The second-order valence-electron chi connectivity index (χ2n) is 4.57. The second-order valence-corrected chi connectivity index (χ2v) is 5.01. The molecule has 1 amide bonds. The smallest absolute Gasteiger partial charge is 0.305 e. The maximum atomic E-state index is 12.0. The molecule has 0 spiro atoms. The number of nitrogens with zero attached hydrogens (tertiary/aromatic N) is 1. The highest BCUT2D eigenvalue weighted by atomic mass is 35.5. The maximum absolute atomic E-state index is 12.0. The van der Waals surface area contributed by atoms with E-state index in [-0.39, 0.29) is 31.5 Å². The summed E-state index contributed by atoms with van der Waals surface area (Å²) in [4.78, 5) is 24.1. The number of hydrogen-bond donors (Lipinski definition) is 1. The molecule has 0 aromatic heterocycles.